The highest BCUT2D eigenvalue weighted by atomic mass is 35.5. The number of thiocarbonyl (C=S) groups is 1. The summed E-state index contributed by atoms with van der Waals surface area (Å²) in [5, 5.41) is 4.04. The fourth-order valence-electron chi connectivity index (χ4n) is 3.18. The zero-order valence-electron chi connectivity index (χ0n) is 18.2. The molecule has 1 fully saturated rings. The van der Waals surface area contributed by atoms with Gasteiger partial charge in [0.25, 0.3) is 11.8 Å². The number of nitrogens with one attached hydrogen (secondary N) is 1. The molecule has 2 amide bonds. The van der Waals surface area contributed by atoms with Crippen LogP contribution in [0.2, 0.25) is 15.1 Å². The van der Waals surface area contributed by atoms with Crippen LogP contribution in [0, 0.1) is 6.92 Å². The summed E-state index contributed by atoms with van der Waals surface area (Å²) in [6.45, 7) is 1.70. The van der Waals surface area contributed by atoms with Gasteiger partial charge in [0.1, 0.15) is 5.75 Å². The quantitative estimate of drug-likeness (QED) is 0.250. The second kappa shape index (κ2) is 11.0. The minimum atomic E-state index is -0.321. The number of carbonyl (C=O) groups is 2. The van der Waals surface area contributed by atoms with Gasteiger partial charge in [-0.15, -0.1) is 0 Å². The van der Waals surface area contributed by atoms with Crippen molar-refractivity contribution >= 4 is 92.4 Å². The number of nitrogens with zero attached hydrogens (tertiary/aromatic N) is 1. The molecule has 0 unspecified atom stereocenters. The molecular formula is C25H17Cl3N2O3S2. The number of amides is 2. The Bertz CT molecular complexity index is 1380. The number of ether oxygens (including phenoxy) is 1. The molecule has 1 aliphatic rings. The van der Waals surface area contributed by atoms with Gasteiger partial charge in [-0.2, -0.15) is 0 Å². The number of hydrogen-bond acceptors (Lipinski definition) is 5. The lowest BCUT2D eigenvalue weighted by Crippen LogP contribution is -2.27. The van der Waals surface area contributed by atoms with Gasteiger partial charge in [0.15, 0.2) is 10.9 Å². The fourth-order valence-corrected chi connectivity index (χ4v) is 4.95. The van der Waals surface area contributed by atoms with Gasteiger partial charge >= 0.3 is 0 Å². The molecule has 1 saturated heterocycles. The number of benzene rings is 3. The molecule has 35 heavy (non-hydrogen) atoms. The highest BCUT2D eigenvalue weighted by Gasteiger charge is 2.33. The lowest BCUT2D eigenvalue weighted by molar-refractivity contribution is -0.118. The van der Waals surface area contributed by atoms with Crippen LogP contribution in [-0.2, 0) is 9.59 Å². The molecule has 0 radical (unpaired) electrons. The number of carbonyl (C=O) groups excluding carboxylic acids is 2. The average molecular weight is 564 g/mol. The van der Waals surface area contributed by atoms with Gasteiger partial charge < -0.3 is 10.1 Å². The van der Waals surface area contributed by atoms with Crippen LogP contribution < -0.4 is 15.0 Å². The van der Waals surface area contributed by atoms with Crippen molar-refractivity contribution in [3.8, 4) is 5.75 Å². The summed E-state index contributed by atoms with van der Waals surface area (Å²) >= 11 is 24.8. The largest absolute Gasteiger partial charge is 0.484 e. The predicted molar refractivity (Wildman–Crippen MR) is 149 cm³/mol. The van der Waals surface area contributed by atoms with E-state index >= 15 is 0 Å². The van der Waals surface area contributed by atoms with Crippen molar-refractivity contribution in [3.05, 3.63) is 91.8 Å². The number of anilines is 2. The van der Waals surface area contributed by atoms with Gasteiger partial charge in [-0.25, -0.2) is 0 Å². The third-order valence-electron chi connectivity index (χ3n) is 4.94. The highest BCUT2D eigenvalue weighted by molar-refractivity contribution is 8.27. The SMILES string of the molecule is Cc1ccc(NC(=O)COc2cccc(/C=C3\SC(=S)N(c4ccc(Cl)c(Cl)c4)C3=O)c2)cc1Cl. The van der Waals surface area contributed by atoms with Crippen LogP contribution in [0.25, 0.3) is 6.08 Å². The van der Waals surface area contributed by atoms with E-state index in [1.54, 1.807) is 54.6 Å². The van der Waals surface area contributed by atoms with Crippen LogP contribution in [0.4, 0.5) is 11.4 Å². The van der Waals surface area contributed by atoms with E-state index in [2.05, 4.69) is 5.32 Å². The number of hydrogen-bond donors (Lipinski definition) is 1. The molecule has 4 rings (SSSR count). The third kappa shape index (κ3) is 6.18. The predicted octanol–water partition coefficient (Wildman–Crippen LogP) is 7.38. The Labute approximate surface area is 227 Å². The number of aryl methyl sites for hydroxylation is 1. The summed E-state index contributed by atoms with van der Waals surface area (Å²) in [5.41, 5.74) is 2.78. The van der Waals surface area contributed by atoms with E-state index in [0.717, 1.165) is 11.1 Å². The van der Waals surface area contributed by atoms with Crippen molar-refractivity contribution in [2.45, 2.75) is 6.92 Å². The average Bonchev–Trinajstić information content (AvgIpc) is 3.09. The Hall–Kier alpha value is -2.55. The Kier molecular flexibility index (Phi) is 8.04. The molecule has 0 atom stereocenters. The molecule has 0 spiro atoms. The van der Waals surface area contributed by atoms with Crippen LogP contribution in [0.5, 0.6) is 5.75 Å². The van der Waals surface area contributed by atoms with E-state index in [9.17, 15) is 9.59 Å². The smallest absolute Gasteiger partial charge is 0.270 e. The van der Waals surface area contributed by atoms with Gasteiger partial charge in [-0.3, -0.25) is 14.5 Å². The zero-order valence-corrected chi connectivity index (χ0v) is 22.1. The molecule has 1 heterocycles. The van der Waals surface area contributed by atoms with Crippen LogP contribution in [0.1, 0.15) is 11.1 Å². The first-order valence-electron chi connectivity index (χ1n) is 10.2. The highest BCUT2D eigenvalue weighted by Crippen LogP contribution is 2.38. The molecule has 178 valence electrons. The molecule has 1 N–H and O–H groups in total. The fraction of sp³-hybridized carbons (Fsp3) is 0.0800. The second-order valence-corrected chi connectivity index (χ2v) is 10.4. The summed E-state index contributed by atoms with van der Waals surface area (Å²) in [6, 6.07) is 17.3. The second-order valence-electron chi connectivity index (χ2n) is 7.49. The first-order valence-corrected chi connectivity index (χ1v) is 12.6. The monoisotopic (exact) mass is 562 g/mol. The van der Waals surface area contributed by atoms with Crippen molar-refractivity contribution in [2.24, 2.45) is 0 Å². The lowest BCUT2D eigenvalue weighted by atomic mass is 10.2. The minimum Gasteiger partial charge on any atom is -0.484 e. The summed E-state index contributed by atoms with van der Waals surface area (Å²) < 4.78 is 6.02. The van der Waals surface area contributed by atoms with E-state index < -0.39 is 0 Å². The molecule has 0 saturated carbocycles. The van der Waals surface area contributed by atoms with E-state index in [0.29, 0.717) is 41.4 Å². The molecule has 5 nitrogen and oxygen atoms in total. The van der Waals surface area contributed by atoms with Crippen LogP contribution in [0.3, 0.4) is 0 Å². The molecule has 3 aromatic rings. The number of rotatable bonds is 6. The molecule has 3 aromatic carbocycles. The van der Waals surface area contributed by atoms with Gasteiger partial charge in [-0.05, 0) is 66.6 Å². The van der Waals surface area contributed by atoms with Crippen molar-refractivity contribution in [1.82, 2.24) is 0 Å². The number of halogens is 3. The van der Waals surface area contributed by atoms with Gasteiger partial charge in [-0.1, -0.05) is 77.0 Å². The Morgan fingerprint density at radius 2 is 1.86 bits per heavy atom. The summed E-state index contributed by atoms with van der Waals surface area (Å²) in [5.74, 6) is -0.102. The maximum Gasteiger partial charge on any atom is 0.270 e. The first-order chi connectivity index (χ1) is 16.7. The molecule has 0 bridgehead atoms. The minimum absolute atomic E-state index is 0.186. The van der Waals surface area contributed by atoms with E-state index in [-0.39, 0.29) is 18.4 Å². The van der Waals surface area contributed by atoms with E-state index in [1.807, 2.05) is 19.1 Å². The van der Waals surface area contributed by atoms with Crippen molar-refractivity contribution in [1.29, 1.82) is 0 Å². The van der Waals surface area contributed by atoms with Gasteiger partial charge in [0, 0.05) is 10.7 Å². The molecule has 1 aliphatic heterocycles. The summed E-state index contributed by atoms with van der Waals surface area (Å²) in [6.07, 6.45) is 1.72. The molecule has 10 heteroatoms. The van der Waals surface area contributed by atoms with Gasteiger partial charge in [0.05, 0.1) is 20.6 Å². The maximum atomic E-state index is 13.0. The lowest BCUT2D eigenvalue weighted by Gasteiger charge is -2.15. The standard InChI is InChI=1S/C25H17Cl3N2O3S2/c1-14-5-6-16(11-20(14)27)29-23(31)13-33-18-4-2-3-15(9-18)10-22-24(32)30(25(34)35-22)17-7-8-19(26)21(28)12-17/h2-12H,13H2,1H3,(H,29,31)/b22-10-. The van der Waals surface area contributed by atoms with Crippen LogP contribution >= 0.6 is 58.8 Å². The van der Waals surface area contributed by atoms with Crippen LogP contribution in [0.15, 0.2) is 65.6 Å². The van der Waals surface area contributed by atoms with E-state index in [1.165, 1.54) is 16.7 Å². The Morgan fingerprint density at radius 1 is 1.06 bits per heavy atom. The molecular weight excluding hydrogens is 547 g/mol. The van der Waals surface area contributed by atoms with Crippen molar-refractivity contribution in [2.75, 3.05) is 16.8 Å². The first kappa shape index (κ1) is 25.5. The number of thioether (sulfide) groups is 1. The van der Waals surface area contributed by atoms with Gasteiger partial charge in [0.2, 0.25) is 0 Å². The summed E-state index contributed by atoms with van der Waals surface area (Å²) in [7, 11) is 0. The van der Waals surface area contributed by atoms with Crippen molar-refractivity contribution < 1.29 is 14.3 Å². The normalized spacial score (nSPS) is 14.5. The third-order valence-corrected chi connectivity index (χ3v) is 7.38. The molecule has 0 aromatic heterocycles. The van der Waals surface area contributed by atoms with Crippen LogP contribution in [-0.4, -0.2) is 22.7 Å². The Balaban J connectivity index is 1.43. The zero-order chi connectivity index (χ0) is 25.1. The Morgan fingerprint density at radius 3 is 2.60 bits per heavy atom. The molecule has 0 aliphatic carbocycles. The van der Waals surface area contributed by atoms with E-state index in [4.69, 9.17) is 51.8 Å². The topological polar surface area (TPSA) is 58.6 Å². The maximum absolute atomic E-state index is 13.0. The summed E-state index contributed by atoms with van der Waals surface area (Å²) in [4.78, 5) is 27.1. The van der Waals surface area contributed by atoms with Crippen molar-refractivity contribution in [3.63, 3.8) is 0 Å².